The maximum Gasteiger partial charge on any atom is 0.310 e. The highest BCUT2D eigenvalue weighted by Crippen LogP contribution is 2.20. The van der Waals surface area contributed by atoms with E-state index in [9.17, 15) is 9.59 Å². The van der Waals surface area contributed by atoms with Gasteiger partial charge in [0.25, 0.3) is 0 Å². The van der Waals surface area contributed by atoms with Gasteiger partial charge in [-0.1, -0.05) is 13.0 Å². The Balaban J connectivity index is 2.02. The monoisotopic (exact) mass is 254 g/mol. The summed E-state index contributed by atoms with van der Waals surface area (Å²) < 4.78 is 9.95. The van der Waals surface area contributed by atoms with Crippen molar-refractivity contribution in [3.8, 4) is 0 Å². The molecule has 0 spiro atoms. The number of esters is 2. The second kappa shape index (κ2) is 8.72. The number of hydrogen-bond acceptors (Lipinski definition) is 4. The Labute approximate surface area is 108 Å². The summed E-state index contributed by atoms with van der Waals surface area (Å²) in [5.74, 6) is -0.440. The maximum atomic E-state index is 11.5. The van der Waals surface area contributed by atoms with E-state index < -0.39 is 0 Å². The second-order valence-electron chi connectivity index (χ2n) is 4.61. The van der Waals surface area contributed by atoms with Gasteiger partial charge in [0.1, 0.15) is 6.10 Å². The number of carbonyl (C=O) groups is 2. The van der Waals surface area contributed by atoms with E-state index in [0.29, 0.717) is 25.7 Å². The lowest BCUT2D eigenvalue weighted by molar-refractivity contribution is -0.151. The molecular weight excluding hydrogens is 232 g/mol. The van der Waals surface area contributed by atoms with Gasteiger partial charge in [-0.05, 0) is 38.5 Å². The molecule has 0 bridgehead atoms. The van der Waals surface area contributed by atoms with Gasteiger partial charge in [0.15, 0.2) is 0 Å². The maximum absolute atomic E-state index is 11.5. The molecule has 4 nitrogen and oxygen atoms in total. The fourth-order valence-electron chi connectivity index (χ4n) is 2.12. The molecule has 0 aliphatic heterocycles. The summed E-state index contributed by atoms with van der Waals surface area (Å²) in [4.78, 5) is 22.5. The van der Waals surface area contributed by atoms with Crippen molar-refractivity contribution in [2.45, 2.75) is 63.9 Å². The van der Waals surface area contributed by atoms with Gasteiger partial charge in [0.05, 0.1) is 6.26 Å². The van der Waals surface area contributed by atoms with Gasteiger partial charge in [0, 0.05) is 12.8 Å². The van der Waals surface area contributed by atoms with E-state index in [2.05, 4.69) is 11.3 Å². The molecular formula is C14H22O4. The third-order valence-electron chi connectivity index (χ3n) is 3.08. The smallest absolute Gasteiger partial charge is 0.310 e. The summed E-state index contributed by atoms with van der Waals surface area (Å²) in [5, 5.41) is 0. The summed E-state index contributed by atoms with van der Waals surface area (Å²) in [6.45, 7) is 3.30. The molecule has 0 aromatic rings. The summed E-state index contributed by atoms with van der Waals surface area (Å²) in [7, 11) is 0. The van der Waals surface area contributed by atoms with Crippen molar-refractivity contribution in [1.82, 2.24) is 0 Å². The van der Waals surface area contributed by atoms with E-state index >= 15 is 0 Å². The van der Waals surface area contributed by atoms with Crippen LogP contribution in [0, 0.1) is 0 Å². The van der Waals surface area contributed by atoms with E-state index in [1.165, 1.54) is 6.42 Å². The van der Waals surface area contributed by atoms with Crippen molar-refractivity contribution in [3.05, 3.63) is 12.8 Å². The van der Waals surface area contributed by atoms with E-state index in [0.717, 1.165) is 31.9 Å². The van der Waals surface area contributed by atoms with Gasteiger partial charge in [0.2, 0.25) is 0 Å². The number of unbranched alkanes of at least 4 members (excludes halogenated alkanes) is 1. The van der Waals surface area contributed by atoms with Crippen LogP contribution in [0.4, 0.5) is 0 Å². The largest absolute Gasteiger partial charge is 0.462 e. The SMILES string of the molecule is C=COC(=O)CCCCC(=O)OC1CCCCC1. The third kappa shape index (κ3) is 6.42. The predicted molar refractivity (Wildman–Crippen MR) is 67.7 cm³/mol. The molecule has 0 amide bonds. The summed E-state index contributed by atoms with van der Waals surface area (Å²) in [6, 6.07) is 0. The number of rotatable bonds is 7. The van der Waals surface area contributed by atoms with Gasteiger partial charge < -0.3 is 9.47 Å². The first-order valence-corrected chi connectivity index (χ1v) is 6.72. The molecule has 0 saturated heterocycles. The van der Waals surface area contributed by atoms with Gasteiger partial charge >= 0.3 is 11.9 Å². The summed E-state index contributed by atoms with van der Waals surface area (Å²) in [6.07, 6.45) is 8.83. The zero-order valence-electron chi connectivity index (χ0n) is 10.9. The fraction of sp³-hybridized carbons (Fsp3) is 0.714. The average Bonchev–Trinajstić information content (AvgIpc) is 2.36. The van der Waals surface area contributed by atoms with Gasteiger partial charge in [-0.15, -0.1) is 0 Å². The Bertz CT molecular complexity index is 280. The second-order valence-corrected chi connectivity index (χ2v) is 4.61. The fourth-order valence-corrected chi connectivity index (χ4v) is 2.12. The molecule has 1 rings (SSSR count). The zero-order valence-corrected chi connectivity index (χ0v) is 10.9. The van der Waals surface area contributed by atoms with Crippen molar-refractivity contribution >= 4 is 11.9 Å². The molecule has 0 atom stereocenters. The predicted octanol–water partition coefficient (Wildman–Crippen LogP) is 3.11. The first-order valence-electron chi connectivity index (χ1n) is 6.72. The van der Waals surface area contributed by atoms with Crippen molar-refractivity contribution in [2.24, 2.45) is 0 Å². The molecule has 0 aromatic carbocycles. The highest BCUT2D eigenvalue weighted by atomic mass is 16.5. The molecule has 0 aromatic heterocycles. The molecule has 18 heavy (non-hydrogen) atoms. The molecule has 102 valence electrons. The normalized spacial score (nSPS) is 16.0. The van der Waals surface area contributed by atoms with Crippen LogP contribution >= 0.6 is 0 Å². The first-order chi connectivity index (χ1) is 8.72. The molecule has 0 unspecified atom stereocenters. The average molecular weight is 254 g/mol. The quantitative estimate of drug-likeness (QED) is 0.398. The van der Waals surface area contributed by atoms with Crippen molar-refractivity contribution in [2.75, 3.05) is 0 Å². The Morgan fingerprint density at radius 3 is 2.28 bits per heavy atom. The summed E-state index contributed by atoms with van der Waals surface area (Å²) >= 11 is 0. The highest BCUT2D eigenvalue weighted by Gasteiger charge is 2.17. The minimum atomic E-state index is -0.300. The summed E-state index contributed by atoms with van der Waals surface area (Å²) in [5.41, 5.74) is 0. The lowest BCUT2D eigenvalue weighted by Crippen LogP contribution is -2.20. The number of carbonyl (C=O) groups excluding carboxylic acids is 2. The zero-order chi connectivity index (χ0) is 13.2. The van der Waals surface area contributed by atoms with Crippen molar-refractivity contribution in [3.63, 3.8) is 0 Å². The minimum absolute atomic E-state index is 0.122. The lowest BCUT2D eigenvalue weighted by atomic mass is 9.98. The van der Waals surface area contributed by atoms with Crippen molar-refractivity contribution < 1.29 is 19.1 Å². The van der Waals surface area contributed by atoms with Crippen LogP contribution in [0.1, 0.15) is 57.8 Å². The molecule has 1 aliphatic rings. The highest BCUT2D eigenvalue weighted by molar-refractivity contribution is 5.71. The molecule has 0 radical (unpaired) electrons. The minimum Gasteiger partial charge on any atom is -0.462 e. The van der Waals surface area contributed by atoms with Crippen LogP contribution in [0.15, 0.2) is 12.8 Å². The van der Waals surface area contributed by atoms with Gasteiger partial charge in [-0.3, -0.25) is 9.59 Å². The van der Waals surface area contributed by atoms with Crippen molar-refractivity contribution in [1.29, 1.82) is 0 Å². The molecule has 0 N–H and O–H groups in total. The molecule has 1 saturated carbocycles. The third-order valence-corrected chi connectivity index (χ3v) is 3.08. The lowest BCUT2D eigenvalue weighted by Gasteiger charge is -2.21. The van der Waals surface area contributed by atoms with E-state index in [1.807, 2.05) is 0 Å². The Morgan fingerprint density at radius 2 is 1.67 bits per heavy atom. The molecule has 0 heterocycles. The van der Waals surface area contributed by atoms with Crippen LogP contribution < -0.4 is 0 Å². The molecule has 1 aliphatic carbocycles. The molecule has 1 fully saturated rings. The van der Waals surface area contributed by atoms with E-state index in [1.54, 1.807) is 0 Å². The van der Waals surface area contributed by atoms with Crippen LogP contribution in [0.2, 0.25) is 0 Å². The van der Waals surface area contributed by atoms with Crippen LogP contribution in [-0.2, 0) is 19.1 Å². The van der Waals surface area contributed by atoms with Crippen LogP contribution in [-0.4, -0.2) is 18.0 Å². The molecule has 4 heteroatoms. The van der Waals surface area contributed by atoms with Gasteiger partial charge in [-0.25, -0.2) is 0 Å². The van der Waals surface area contributed by atoms with E-state index in [-0.39, 0.29) is 18.0 Å². The van der Waals surface area contributed by atoms with E-state index in [4.69, 9.17) is 4.74 Å². The Hall–Kier alpha value is -1.32. The van der Waals surface area contributed by atoms with Crippen LogP contribution in [0.25, 0.3) is 0 Å². The van der Waals surface area contributed by atoms with Gasteiger partial charge in [-0.2, -0.15) is 0 Å². The number of ether oxygens (including phenoxy) is 2. The van der Waals surface area contributed by atoms with Crippen LogP contribution in [0.3, 0.4) is 0 Å². The Morgan fingerprint density at radius 1 is 1.06 bits per heavy atom. The Kier molecular flexibility index (Phi) is 7.14. The van der Waals surface area contributed by atoms with Crippen LogP contribution in [0.5, 0.6) is 0 Å². The first kappa shape index (κ1) is 14.7. The standard InChI is InChI=1S/C14H22O4/c1-2-17-13(15)10-6-7-11-14(16)18-12-8-4-3-5-9-12/h2,12H,1,3-11H2. The number of hydrogen-bond donors (Lipinski definition) is 0. The topological polar surface area (TPSA) is 52.6 Å².